The number of carbonyl (C=O) groups excluding carboxylic acids is 1. The molecule has 2 aliphatic rings. The van der Waals surface area contributed by atoms with Gasteiger partial charge in [0.15, 0.2) is 5.75 Å². The van der Waals surface area contributed by atoms with Crippen molar-refractivity contribution in [2.24, 2.45) is 17.8 Å². The van der Waals surface area contributed by atoms with Crippen molar-refractivity contribution in [3.05, 3.63) is 41.7 Å². The van der Waals surface area contributed by atoms with Gasteiger partial charge in [0.1, 0.15) is 23.0 Å². The quantitative estimate of drug-likeness (QED) is 0.448. The number of anilines is 1. The van der Waals surface area contributed by atoms with Crippen molar-refractivity contribution in [3.63, 3.8) is 0 Å². The number of rotatable bonds is 9. The zero-order chi connectivity index (χ0) is 25.9. The SMILES string of the molecule is COc1cnc(N2CCC(C3CC3CCOc3cc(F)c(CC(=O)OC(C)(C)C)c(F)c3)CC2)nc1. The highest BCUT2D eigenvalue weighted by Gasteiger charge is 2.43. The number of halogens is 2. The van der Waals surface area contributed by atoms with Crippen molar-refractivity contribution < 1.29 is 27.8 Å². The lowest BCUT2D eigenvalue weighted by Gasteiger charge is -2.32. The number of ether oxygens (including phenoxy) is 3. The average Bonchev–Trinajstić information content (AvgIpc) is 3.60. The fraction of sp³-hybridized carbons (Fsp3) is 0.593. The number of carbonyl (C=O) groups is 1. The molecule has 9 heteroatoms. The minimum atomic E-state index is -0.798. The molecule has 1 aromatic heterocycles. The maximum atomic E-state index is 14.5. The molecule has 1 saturated heterocycles. The summed E-state index contributed by atoms with van der Waals surface area (Å²) in [5, 5.41) is 0. The lowest BCUT2D eigenvalue weighted by Crippen LogP contribution is -2.35. The van der Waals surface area contributed by atoms with Gasteiger partial charge in [-0.1, -0.05) is 0 Å². The maximum absolute atomic E-state index is 14.5. The molecule has 0 radical (unpaired) electrons. The van der Waals surface area contributed by atoms with Crippen LogP contribution in [-0.4, -0.2) is 48.3 Å². The first-order chi connectivity index (χ1) is 17.1. The van der Waals surface area contributed by atoms with E-state index in [1.807, 2.05) is 0 Å². The molecule has 1 saturated carbocycles. The Kier molecular flexibility index (Phi) is 7.95. The summed E-state index contributed by atoms with van der Waals surface area (Å²) in [7, 11) is 1.60. The van der Waals surface area contributed by atoms with E-state index in [2.05, 4.69) is 14.9 Å². The molecule has 0 bridgehead atoms. The van der Waals surface area contributed by atoms with Gasteiger partial charge in [-0.15, -0.1) is 0 Å². The Morgan fingerprint density at radius 1 is 1.08 bits per heavy atom. The summed E-state index contributed by atoms with van der Waals surface area (Å²) in [4.78, 5) is 22.9. The fourth-order valence-corrected chi connectivity index (χ4v) is 4.97. The molecule has 1 aromatic carbocycles. The topological polar surface area (TPSA) is 73.8 Å². The van der Waals surface area contributed by atoms with E-state index in [0.717, 1.165) is 50.4 Å². The van der Waals surface area contributed by atoms with Gasteiger partial charge in [0, 0.05) is 30.8 Å². The first-order valence-electron chi connectivity index (χ1n) is 12.6. The minimum Gasteiger partial charge on any atom is -0.494 e. The smallest absolute Gasteiger partial charge is 0.310 e. The number of methoxy groups -OCH3 is 1. The van der Waals surface area contributed by atoms with Gasteiger partial charge in [-0.3, -0.25) is 4.79 Å². The largest absolute Gasteiger partial charge is 0.494 e. The van der Waals surface area contributed by atoms with E-state index in [4.69, 9.17) is 14.2 Å². The normalized spacial score (nSPS) is 20.2. The number of esters is 1. The van der Waals surface area contributed by atoms with E-state index in [1.165, 1.54) is 6.42 Å². The number of nitrogens with zero attached hydrogens (tertiary/aromatic N) is 3. The lowest BCUT2D eigenvalue weighted by atomic mass is 9.90. The summed E-state index contributed by atoms with van der Waals surface area (Å²) in [6, 6.07) is 2.29. The summed E-state index contributed by atoms with van der Waals surface area (Å²) in [5.74, 6) is 1.20. The predicted octanol–water partition coefficient (Wildman–Crippen LogP) is 4.97. The van der Waals surface area contributed by atoms with Gasteiger partial charge in [0.05, 0.1) is 32.5 Å². The minimum absolute atomic E-state index is 0.142. The van der Waals surface area contributed by atoms with Crippen molar-refractivity contribution in [1.82, 2.24) is 9.97 Å². The highest BCUT2D eigenvalue weighted by Crippen LogP contribution is 2.49. The van der Waals surface area contributed by atoms with Gasteiger partial charge in [-0.25, -0.2) is 18.7 Å². The third-order valence-electron chi connectivity index (χ3n) is 6.87. The monoisotopic (exact) mass is 503 g/mol. The highest BCUT2D eigenvalue weighted by molar-refractivity contribution is 5.73. The molecule has 2 heterocycles. The first kappa shape index (κ1) is 26.1. The third kappa shape index (κ3) is 6.83. The number of benzene rings is 1. The molecule has 2 atom stereocenters. The Balaban J connectivity index is 1.19. The highest BCUT2D eigenvalue weighted by atomic mass is 19.1. The first-order valence-corrected chi connectivity index (χ1v) is 12.6. The van der Waals surface area contributed by atoms with Crippen molar-refractivity contribution >= 4 is 11.9 Å². The summed E-state index contributed by atoms with van der Waals surface area (Å²) >= 11 is 0. The van der Waals surface area contributed by atoms with Crippen molar-refractivity contribution in [1.29, 1.82) is 0 Å². The molecule has 2 fully saturated rings. The zero-order valence-corrected chi connectivity index (χ0v) is 21.4. The van der Waals surface area contributed by atoms with Crippen molar-refractivity contribution in [3.8, 4) is 11.5 Å². The zero-order valence-electron chi connectivity index (χ0n) is 21.4. The van der Waals surface area contributed by atoms with Crippen LogP contribution in [0.15, 0.2) is 24.5 Å². The molecule has 196 valence electrons. The molecule has 2 unspecified atom stereocenters. The van der Waals surface area contributed by atoms with E-state index in [0.29, 0.717) is 30.1 Å². The Labute approximate surface area is 211 Å². The molecular weight excluding hydrogens is 468 g/mol. The van der Waals surface area contributed by atoms with Gasteiger partial charge in [0.2, 0.25) is 5.95 Å². The third-order valence-corrected chi connectivity index (χ3v) is 6.87. The molecule has 2 aromatic rings. The Bertz CT molecular complexity index is 1030. The molecule has 36 heavy (non-hydrogen) atoms. The molecule has 1 aliphatic heterocycles. The van der Waals surface area contributed by atoms with E-state index < -0.39 is 29.6 Å². The van der Waals surface area contributed by atoms with Crippen molar-refractivity contribution in [2.45, 2.75) is 58.5 Å². The summed E-state index contributed by atoms with van der Waals surface area (Å²) in [6.45, 7) is 7.40. The van der Waals surface area contributed by atoms with Crippen LogP contribution in [0.1, 0.15) is 52.0 Å². The van der Waals surface area contributed by atoms with Crippen LogP contribution in [0.4, 0.5) is 14.7 Å². The second kappa shape index (κ2) is 11.0. The maximum Gasteiger partial charge on any atom is 0.310 e. The van der Waals surface area contributed by atoms with Gasteiger partial charge in [0.25, 0.3) is 0 Å². The van der Waals surface area contributed by atoms with Crippen LogP contribution in [0.3, 0.4) is 0 Å². The standard InChI is InChI=1S/C27H35F2N3O4/c1-27(2,3)36-25(33)14-22-23(28)12-19(13-24(22)29)35-10-7-18-11-21(18)17-5-8-32(9-6-17)26-30-15-20(34-4)16-31-26/h12-13,15-18,21H,5-11,14H2,1-4H3. The van der Waals surface area contributed by atoms with Gasteiger partial charge >= 0.3 is 5.97 Å². The molecule has 4 rings (SSSR count). The van der Waals surface area contributed by atoms with Crippen molar-refractivity contribution in [2.75, 3.05) is 31.7 Å². The molecular formula is C27H35F2N3O4. The molecule has 0 spiro atoms. The number of hydrogen-bond donors (Lipinski definition) is 0. The summed E-state index contributed by atoms with van der Waals surface area (Å²) < 4.78 is 44.8. The second-order valence-electron chi connectivity index (χ2n) is 10.7. The van der Waals surface area contributed by atoms with Crippen LogP contribution in [-0.2, 0) is 16.0 Å². The Hall–Kier alpha value is -2.97. The van der Waals surface area contributed by atoms with Gasteiger partial charge in [-0.2, -0.15) is 0 Å². The molecule has 7 nitrogen and oxygen atoms in total. The predicted molar refractivity (Wildman–Crippen MR) is 131 cm³/mol. The summed E-state index contributed by atoms with van der Waals surface area (Å²) in [5.41, 5.74) is -1.01. The van der Waals surface area contributed by atoms with Gasteiger partial charge in [-0.05, 0) is 64.2 Å². The van der Waals surface area contributed by atoms with Crippen LogP contribution in [0.25, 0.3) is 0 Å². The van der Waals surface area contributed by atoms with Crippen LogP contribution in [0, 0.1) is 29.4 Å². The molecule has 0 N–H and O–H groups in total. The Morgan fingerprint density at radius 3 is 2.31 bits per heavy atom. The molecule has 0 amide bonds. The molecule has 1 aliphatic carbocycles. The second-order valence-corrected chi connectivity index (χ2v) is 10.7. The van der Waals surface area contributed by atoms with Crippen LogP contribution in [0.2, 0.25) is 0 Å². The number of piperidine rings is 1. The summed E-state index contributed by atoms with van der Waals surface area (Å²) in [6.07, 6.45) is 7.16. The Morgan fingerprint density at radius 2 is 1.72 bits per heavy atom. The van der Waals surface area contributed by atoms with E-state index in [-0.39, 0.29) is 11.3 Å². The number of hydrogen-bond acceptors (Lipinski definition) is 7. The van der Waals surface area contributed by atoms with Crippen LogP contribution in [0.5, 0.6) is 11.5 Å². The van der Waals surface area contributed by atoms with E-state index in [1.54, 1.807) is 40.3 Å². The van der Waals surface area contributed by atoms with Crippen LogP contribution >= 0.6 is 0 Å². The number of aromatic nitrogens is 2. The average molecular weight is 504 g/mol. The van der Waals surface area contributed by atoms with E-state index in [9.17, 15) is 13.6 Å². The fourth-order valence-electron chi connectivity index (χ4n) is 4.97. The lowest BCUT2D eigenvalue weighted by molar-refractivity contribution is -0.154. The van der Waals surface area contributed by atoms with E-state index >= 15 is 0 Å². The van der Waals surface area contributed by atoms with Crippen LogP contribution < -0.4 is 14.4 Å². The van der Waals surface area contributed by atoms with Gasteiger partial charge < -0.3 is 19.1 Å².